The Morgan fingerprint density at radius 3 is 2.52 bits per heavy atom. The van der Waals surface area contributed by atoms with Gasteiger partial charge in [0.2, 0.25) is 0 Å². The van der Waals surface area contributed by atoms with Crippen molar-refractivity contribution in [2.45, 2.75) is 13.8 Å². The van der Waals surface area contributed by atoms with Crippen LogP contribution < -0.4 is 5.32 Å². The van der Waals surface area contributed by atoms with Crippen LogP contribution in [0.5, 0.6) is 0 Å². The van der Waals surface area contributed by atoms with E-state index in [0.29, 0.717) is 16.9 Å². The summed E-state index contributed by atoms with van der Waals surface area (Å²) in [4.78, 5) is 24.1. The van der Waals surface area contributed by atoms with Crippen LogP contribution in [0.3, 0.4) is 0 Å². The first-order valence-corrected chi connectivity index (χ1v) is 6.43. The summed E-state index contributed by atoms with van der Waals surface area (Å²) in [5, 5.41) is 6.85. The molecule has 1 N–H and O–H groups in total. The van der Waals surface area contributed by atoms with Gasteiger partial charge in [-0.2, -0.15) is 5.10 Å². The number of nitrogens with one attached hydrogen (secondary N) is 1. The Balaban J connectivity index is 2.33. The van der Waals surface area contributed by atoms with E-state index in [0.717, 1.165) is 11.3 Å². The number of carbonyl (C=O) groups is 2. The number of rotatable bonds is 3. The quantitative estimate of drug-likeness (QED) is 0.877. The SMILES string of the molecule is COC(=O)c1cc(C)ccc1NC(=O)c1cc(C)nn1C. The summed E-state index contributed by atoms with van der Waals surface area (Å²) < 4.78 is 6.24. The normalized spacial score (nSPS) is 10.3. The Hall–Kier alpha value is -2.63. The van der Waals surface area contributed by atoms with Crippen molar-refractivity contribution in [3.63, 3.8) is 0 Å². The molecule has 1 aromatic carbocycles. The lowest BCUT2D eigenvalue weighted by Gasteiger charge is -2.10. The number of benzene rings is 1. The van der Waals surface area contributed by atoms with E-state index < -0.39 is 5.97 Å². The molecule has 1 heterocycles. The molecule has 6 heteroatoms. The number of hydrogen-bond donors (Lipinski definition) is 1. The predicted molar refractivity (Wildman–Crippen MR) is 78.4 cm³/mol. The van der Waals surface area contributed by atoms with Gasteiger partial charge in [-0.15, -0.1) is 0 Å². The molecule has 0 unspecified atom stereocenters. The van der Waals surface area contributed by atoms with Crippen molar-refractivity contribution in [1.82, 2.24) is 9.78 Å². The average Bonchev–Trinajstić information content (AvgIpc) is 2.78. The van der Waals surface area contributed by atoms with Crippen LogP contribution in [0.4, 0.5) is 5.69 Å². The van der Waals surface area contributed by atoms with Crippen LogP contribution in [0.2, 0.25) is 0 Å². The number of amides is 1. The average molecular weight is 287 g/mol. The molecule has 0 fully saturated rings. The molecule has 2 rings (SSSR count). The van der Waals surface area contributed by atoms with Gasteiger partial charge in [-0.05, 0) is 32.0 Å². The molecule has 0 aliphatic heterocycles. The highest BCUT2D eigenvalue weighted by Gasteiger charge is 2.17. The van der Waals surface area contributed by atoms with Crippen molar-refractivity contribution in [2.75, 3.05) is 12.4 Å². The van der Waals surface area contributed by atoms with Crippen molar-refractivity contribution in [3.8, 4) is 0 Å². The van der Waals surface area contributed by atoms with Gasteiger partial charge in [-0.1, -0.05) is 11.6 Å². The molecule has 0 radical (unpaired) electrons. The summed E-state index contributed by atoms with van der Waals surface area (Å²) in [6.45, 7) is 3.67. The number of methoxy groups -OCH3 is 1. The van der Waals surface area contributed by atoms with Gasteiger partial charge >= 0.3 is 5.97 Å². The maximum absolute atomic E-state index is 12.3. The van der Waals surface area contributed by atoms with Crippen molar-refractivity contribution in [2.24, 2.45) is 7.05 Å². The van der Waals surface area contributed by atoms with Crippen LogP contribution in [0, 0.1) is 13.8 Å². The van der Waals surface area contributed by atoms with E-state index in [1.54, 1.807) is 25.2 Å². The highest BCUT2D eigenvalue weighted by atomic mass is 16.5. The van der Waals surface area contributed by atoms with Crippen LogP contribution in [0.25, 0.3) is 0 Å². The highest BCUT2D eigenvalue weighted by Crippen LogP contribution is 2.19. The fraction of sp³-hybridized carbons (Fsp3) is 0.267. The molecule has 6 nitrogen and oxygen atoms in total. The first-order chi connectivity index (χ1) is 9.92. The van der Waals surface area contributed by atoms with Gasteiger partial charge < -0.3 is 10.1 Å². The Kier molecular flexibility index (Phi) is 4.07. The molecular weight excluding hydrogens is 270 g/mol. The van der Waals surface area contributed by atoms with E-state index in [4.69, 9.17) is 4.74 Å². The third-order valence-corrected chi connectivity index (χ3v) is 3.06. The van der Waals surface area contributed by atoms with Gasteiger partial charge in [0, 0.05) is 7.05 Å². The van der Waals surface area contributed by atoms with Crippen molar-refractivity contribution in [1.29, 1.82) is 0 Å². The van der Waals surface area contributed by atoms with Crippen molar-refractivity contribution in [3.05, 3.63) is 46.8 Å². The van der Waals surface area contributed by atoms with Crippen LogP contribution >= 0.6 is 0 Å². The molecule has 110 valence electrons. The number of esters is 1. The molecule has 21 heavy (non-hydrogen) atoms. The first kappa shape index (κ1) is 14.8. The van der Waals surface area contributed by atoms with Crippen LogP contribution in [0.1, 0.15) is 32.1 Å². The molecule has 0 saturated heterocycles. The number of aromatic nitrogens is 2. The summed E-state index contributed by atoms with van der Waals surface area (Å²) in [5.41, 5.74) is 2.81. The number of nitrogens with zero attached hydrogens (tertiary/aromatic N) is 2. The van der Waals surface area contributed by atoms with Gasteiger partial charge in [0.25, 0.3) is 5.91 Å². The van der Waals surface area contributed by atoms with Crippen LogP contribution in [-0.4, -0.2) is 28.8 Å². The van der Waals surface area contributed by atoms with E-state index in [9.17, 15) is 9.59 Å². The van der Waals surface area contributed by atoms with Crippen LogP contribution in [0.15, 0.2) is 24.3 Å². The third kappa shape index (κ3) is 3.10. The molecule has 0 bridgehead atoms. The summed E-state index contributed by atoms with van der Waals surface area (Å²) in [6.07, 6.45) is 0. The van der Waals surface area contributed by atoms with Crippen molar-refractivity contribution < 1.29 is 14.3 Å². The predicted octanol–water partition coefficient (Wildman–Crippen LogP) is 2.08. The minimum absolute atomic E-state index is 0.324. The zero-order valence-corrected chi connectivity index (χ0v) is 12.4. The Morgan fingerprint density at radius 2 is 1.95 bits per heavy atom. The number of ether oxygens (including phenoxy) is 1. The molecule has 0 aliphatic carbocycles. The lowest BCUT2D eigenvalue weighted by molar-refractivity contribution is 0.0602. The van der Waals surface area contributed by atoms with Crippen LogP contribution in [-0.2, 0) is 11.8 Å². The van der Waals surface area contributed by atoms with Crippen molar-refractivity contribution >= 4 is 17.6 Å². The number of carbonyl (C=O) groups excluding carboxylic acids is 2. The topological polar surface area (TPSA) is 73.2 Å². The second kappa shape index (κ2) is 5.78. The van der Waals surface area contributed by atoms with E-state index in [1.807, 2.05) is 19.9 Å². The Morgan fingerprint density at radius 1 is 1.24 bits per heavy atom. The number of aryl methyl sites for hydroxylation is 3. The fourth-order valence-electron chi connectivity index (χ4n) is 2.06. The first-order valence-electron chi connectivity index (χ1n) is 6.43. The van der Waals surface area contributed by atoms with E-state index in [2.05, 4.69) is 10.4 Å². The maximum atomic E-state index is 12.3. The van der Waals surface area contributed by atoms with Gasteiger partial charge in [-0.25, -0.2) is 4.79 Å². The Bertz CT molecular complexity index is 704. The lowest BCUT2D eigenvalue weighted by atomic mass is 10.1. The molecule has 0 aliphatic rings. The van der Waals surface area contributed by atoms with Gasteiger partial charge in [0.05, 0.1) is 24.1 Å². The van der Waals surface area contributed by atoms with E-state index >= 15 is 0 Å². The minimum atomic E-state index is -0.491. The minimum Gasteiger partial charge on any atom is -0.465 e. The van der Waals surface area contributed by atoms with E-state index in [1.165, 1.54) is 11.8 Å². The third-order valence-electron chi connectivity index (χ3n) is 3.06. The smallest absolute Gasteiger partial charge is 0.339 e. The second-order valence-corrected chi connectivity index (χ2v) is 4.79. The van der Waals surface area contributed by atoms with Gasteiger partial charge in [-0.3, -0.25) is 9.48 Å². The summed E-state index contributed by atoms with van der Waals surface area (Å²) >= 11 is 0. The molecular formula is C15H17N3O3. The summed E-state index contributed by atoms with van der Waals surface area (Å²) in [6, 6.07) is 6.86. The summed E-state index contributed by atoms with van der Waals surface area (Å²) in [5.74, 6) is -0.817. The standard InChI is InChI=1S/C15H17N3O3/c1-9-5-6-12(11(7-9)15(20)21-4)16-14(19)13-8-10(2)17-18(13)3/h5-8H,1-4H3,(H,16,19). The maximum Gasteiger partial charge on any atom is 0.339 e. The highest BCUT2D eigenvalue weighted by molar-refractivity contribution is 6.07. The van der Waals surface area contributed by atoms with Gasteiger partial charge in [0.1, 0.15) is 5.69 Å². The zero-order valence-electron chi connectivity index (χ0n) is 12.4. The fourth-order valence-corrected chi connectivity index (χ4v) is 2.06. The largest absolute Gasteiger partial charge is 0.465 e. The second-order valence-electron chi connectivity index (χ2n) is 4.79. The molecule has 1 aromatic heterocycles. The zero-order chi connectivity index (χ0) is 15.6. The Labute approximate surface area is 122 Å². The lowest BCUT2D eigenvalue weighted by Crippen LogP contribution is -2.18. The number of hydrogen-bond acceptors (Lipinski definition) is 4. The molecule has 0 atom stereocenters. The molecule has 1 amide bonds. The molecule has 2 aromatic rings. The summed E-state index contributed by atoms with van der Waals surface area (Å²) in [7, 11) is 3.00. The monoisotopic (exact) mass is 287 g/mol. The molecule has 0 spiro atoms. The van der Waals surface area contributed by atoms with Gasteiger partial charge in [0.15, 0.2) is 0 Å². The number of anilines is 1. The van der Waals surface area contributed by atoms with E-state index in [-0.39, 0.29) is 5.91 Å². The molecule has 0 saturated carbocycles.